The second kappa shape index (κ2) is 8.50. The Kier molecular flexibility index (Phi) is 4.73. The second-order valence-corrected chi connectivity index (χ2v) is 11.9. The number of thiophene rings is 1. The van der Waals surface area contributed by atoms with E-state index in [1.54, 1.807) is 0 Å². The monoisotopic (exact) mass is 540 g/mol. The lowest BCUT2D eigenvalue weighted by Gasteiger charge is -2.14. The molecule has 0 spiro atoms. The van der Waals surface area contributed by atoms with Crippen molar-refractivity contribution in [2.75, 3.05) is 0 Å². The van der Waals surface area contributed by atoms with Crippen LogP contribution in [0.4, 0.5) is 0 Å². The first-order valence-electron chi connectivity index (χ1n) is 14.0. The highest BCUT2D eigenvalue weighted by molar-refractivity contribution is 7.25. The van der Waals surface area contributed by atoms with Crippen LogP contribution >= 0.6 is 11.3 Å². The number of aromatic nitrogens is 2. The maximum absolute atomic E-state index is 4.76. The number of benzene rings is 6. The van der Waals surface area contributed by atoms with Crippen LogP contribution in [0.5, 0.6) is 0 Å². The van der Waals surface area contributed by atoms with Crippen molar-refractivity contribution in [3.63, 3.8) is 0 Å². The fourth-order valence-corrected chi connectivity index (χ4v) is 7.85. The van der Waals surface area contributed by atoms with Crippen molar-refractivity contribution in [3.8, 4) is 16.8 Å². The van der Waals surface area contributed by atoms with Gasteiger partial charge in [-0.05, 0) is 88.8 Å². The number of pyridine rings is 1. The normalized spacial score (nSPS) is 12.0. The third-order valence-electron chi connectivity index (χ3n) is 8.55. The highest BCUT2D eigenvalue weighted by Crippen LogP contribution is 2.43. The Balaban J connectivity index is 1.39. The summed E-state index contributed by atoms with van der Waals surface area (Å²) in [5, 5.41) is 10.2. The van der Waals surface area contributed by atoms with Crippen molar-refractivity contribution in [1.29, 1.82) is 0 Å². The molecule has 0 aliphatic carbocycles. The van der Waals surface area contributed by atoms with Gasteiger partial charge in [0, 0.05) is 53.9 Å². The Morgan fingerprint density at radius 2 is 1.34 bits per heavy atom. The Hall–Kier alpha value is -4.99. The van der Waals surface area contributed by atoms with E-state index in [9.17, 15) is 0 Å². The van der Waals surface area contributed by atoms with E-state index in [0.29, 0.717) is 0 Å². The van der Waals surface area contributed by atoms with Crippen LogP contribution in [0.1, 0.15) is 5.69 Å². The first-order chi connectivity index (χ1) is 20.2. The third kappa shape index (κ3) is 3.27. The highest BCUT2D eigenvalue weighted by Gasteiger charge is 2.17. The number of para-hydroxylation sites is 2. The zero-order valence-corrected chi connectivity index (χ0v) is 23.2. The van der Waals surface area contributed by atoms with Crippen LogP contribution in [0.15, 0.2) is 128 Å². The number of hydrogen-bond donors (Lipinski definition) is 0. The van der Waals surface area contributed by atoms with Gasteiger partial charge in [-0.25, -0.2) is 0 Å². The summed E-state index contributed by atoms with van der Waals surface area (Å²) in [6, 6.07) is 44.4. The smallest absolute Gasteiger partial charge is 0.0547 e. The van der Waals surface area contributed by atoms with Crippen molar-refractivity contribution >= 4 is 74.9 Å². The van der Waals surface area contributed by atoms with E-state index in [4.69, 9.17) is 4.98 Å². The molecule has 0 bridgehead atoms. The van der Waals surface area contributed by atoms with Gasteiger partial charge in [0.05, 0.1) is 11.0 Å². The molecule has 0 radical (unpaired) electrons. The van der Waals surface area contributed by atoms with Crippen LogP contribution in [0.2, 0.25) is 0 Å². The van der Waals surface area contributed by atoms with Crippen LogP contribution in [0.3, 0.4) is 0 Å². The molecule has 9 rings (SSSR count). The molecule has 6 aromatic carbocycles. The van der Waals surface area contributed by atoms with Gasteiger partial charge in [0.2, 0.25) is 0 Å². The summed E-state index contributed by atoms with van der Waals surface area (Å²) in [4.78, 5) is 4.76. The summed E-state index contributed by atoms with van der Waals surface area (Å²) in [5.74, 6) is 0. The molecule has 9 aromatic rings. The van der Waals surface area contributed by atoms with E-state index >= 15 is 0 Å². The Morgan fingerprint density at radius 3 is 2.24 bits per heavy atom. The summed E-state index contributed by atoms with van der Waals surface area (Å²) < 4.78 is 5.05. The predicted molar refractivity (Wildman–Crippen MR) is 177 cm³/mol. The Bertz CT molecular complexity index is 2480. The summed E-state index contributed by atoms with van der Waals surface area (Å²) in [6.45, 7) is 2.13. The molecule has 41 heavy (non-hydrogen) atoms. The largest absolute Gasteiger partial charge is 0.309 e. The van der Waals surface area contributed by atoms with Crippen LogP contribution in [-0.2, 0) is 0 Å². The number of nitrogens with zero attached hydrogens (tertiary/aromatic N) is 2. The lowest BCUT2D eigenvalue weighted by molar-refractivity contribution is 1.18. The van der Waals surface area contributed by atoms with Gasteiger partial charge in [-0.15, -0.1) is 11.3 Å². The molecular weight excluding hydrogens is 516 g/mol. The number of fused-ring (bicyclic) bond motifs is 9. The molecule has 0 aliphatic rings. The van der Waals surface area contributed by atoms with Gasteiger partial charge in [-0.2, -0.15) is 0 Å². The minimum atomic E-state index is 1.06. The van der Waals surface area contributed by atoms with Gasteiger partial charge in [-0.1, -0.05) is 66.7 Å². The van der Waals surface area contributed by atoms with E-state index in [0.717, 1.165) is 5.69 Å². The molecule has 0 aliphatic heterocycles. The van der Waals surface area contributed by atoms with Crippen LogP contribution in [0, 0.1) is 6.92 Å². The third-order valence-corrected chi connectivity index (χ3v) is 9.68. The standard InChI is InChI=1S/C38H24N2S/c1-23-38-30(17-18-39-23)31-22-37-33(29-12-6-8-14-36(29)41-37)20-25(31)19-32(38)24-15-16-28-27-11-5-7-13-34(27)40(35(28)21-24)26-9-3-2-4-10-26/h2-22H,1H3. The molecule has 3 heterocycles. The highest BCUT2D eigenvalue weighted by atomic mass is 32.1. The molecule has 0 unspecified atom stereocenters. The molecule has 3 heteroatoms. The second-order valence-electron chi connectivity index (χ2n) is 10.8. The van der Waals surface area contributed by atoms with Gasteiger partial charge in [0.25, 0.3) is 0 Å². The van der Waals surface area contributed by atoms with E-state index in [1.807, 2.05) is 17.5 Å². The predicted octanol–water partition coefficient (Wildman–Crippen LogP) is 10.8. The minimum Gasteiger partial charge on any atom is -0.309 e. The average molecular weight is 541 g/mol. The van der Waals surface area contributed by atoms with Gasteiger partial charge in [0.1, 0.15) is 0 Å². The van der Waals surface area contributed by atoms with Gasteiger partial charge >= 0.3 is 0 Å². The Morgan fingerprint density at radius 1 is 0.561 bits per heavy atom. The zero-order chi connectivity index (χ0) is 27.1. The van der Waals surface area contributed by atoms with Crippen molar-refractivity contribution in [2.45, 2.75) is 6.92 Å². The molecule has 0 N–H and O–H groups in total. The van der Waals surface area contributed by atoms with Crippen molar-refractivity contribution in [2.24, 2.45) is 0 Å². The minimum absolute atomic E-state index is 1.06. The first kappa shape index (κ1) is 22.8. The molecule has 192 valence electrons. The summed E-state index contributed by atoms with van der Waals surface area (Å²) in [5.41, 5.74) is 7.09. The van der Waals surface area contributed by atoms with Crippen molar-refractivity contribution in [3.05, 3.63) is 133 Å². The SMILES string of the molecule is Cc1nccc2c1c(-c1ccc3c4ccccc4n(-c4ccccc4)c3c1)cc1cc3c(cc12)sc1ccccc13. The molecule has 0 fully saturated rings. The average Bonchev–Trinajstić information content (AvgIpc) is 3.55. The molecule has 0 saturated heterocycles. The molecule has 3 aromatic heterocycles. The van der Waals surface area contributed by atoms with Gasteiger partial charge in [0.15, 0.2) is 0 Å². The van der Waals surface area contributed by atoms with Crippen molar-refractivity contribution in [1.82, 2.24) is 9.55 Å². The topological polar surface area (TPSA) is 17.8 Å². The molecule has 0 saturated carbocycles. The van der Waals surface area contributed by atoms with Crippen LogP contribution in [-0.4, -0.2) is 9.55 Å². The van der Waals surface area contributed by atoms with E-state index < -0.39 is 0 Å². The summed E-state index contributed by atoms with van der Waals surface area (Å²) in [6.07, 6.45) is 1.95. The first-order valence-corrected chi connectivity index (χ1v) is 14.8. The summed E-state index contributed by atoms with van der Waals surface area (Å²) >= 11 is 1.87. The van der Waals surface area contributed by atoms with E-state index in [-0.39, 0.29) is 0 Å². The molecular formula is C38H24N2S. The van der Waals surface area contributed by atoms with E-state index in [2.05, 4.69) is 133 Å². The Labute approximate surface area is 240 Å². The quantitative estimate of drug-likeness (QED) is 0.199. The lowest BCUT2D eigenvalue weighted by atomic mass is 9.91. The van der Waals surface area contributed by atoms with E-state index in [1.165, 1.54) is 80.3 Å². The number of rotatable bonds is 2. The number of hydrogen-bond acceptors (Lipinski definition) is 2. The van der Waals surface area contributed by atoms with Crippen LogP contribution in [0.25, 0.3) is 80.3 Å². The van der Waals surface area contributed by atoms with Crippen molar-refractivity contribution < 1.29 is 0 Å². The molecule has 2 nitrogen and oxygen atoms in total. The lowest BCUT2D eigenvalue weighted by Crippen LogP contribution is -1.94. The maximum atomic E-state index is 4.76. The summed E-state index contributed by atoms with van der Waals surface area (Å²) in [7, 11) is 0. The maximum Gasteiger partial charge on any atom is 0.0547 e. The molecule has 0 amide bonds. The van der Waals surface area contributed by atoms with Gasteiger partial charge < -0.3 is 4.57 Å². The number of aryl methyl sites for hydroxylation is 1. The van der Waals surface area contributed by atoms with Gasteiger partial charge in [-0.3, -0.25) is 4.98 Å². The fourth-order valence-electron chi connectivity index (χ4n) is 6.72. The zero-order valence-electron chi connectivity index (χ0n) is 22.4. The molecule has 0 atom stereocenters. The fraction of sp³-hybridized carbons (Fsp3) is 0.0263. The van der Waals surface area contributed by atoms with Crippen LogP contribution < -0.4 is 0 Å².